The molecule has 0 spiro atoms. The Balaban J connectivity index is 2.10. The number of fused-ring (bicyclic) bond motifs is 1. The summed E-state index contributed by atoms with van der Waals surface area (Å²) < 4.78 is 7.35. The van der Waals surface area contributed by atoms with Crippen LogP contribution in [0.5, 0.6) is 0 Å². The van der Waals surface area contributed by atoms with Crippen molar-refractivity contribution in [2.45, 2.75) is 72.8 Å². The number of rotatable bonds is 9. The van der Waals surface area contributed by atoms with Crippen LogP contribution in [-0.4, -0.2) is 39.3 Å². The first-order chi connectivity index (χ1) is 13.9. The highest BCUT2D eigenvalue weighted by atomic mass is 32.1. The normalized spacial score (nSPS) is 12.8. The average Bonchev–Trinajstić information content (AvgIpc) is 3.20. The summed E-state index contributed by atoms with van der Waals surface area (Å²) in [6.07, 6.45) is 3.18. The largest absolute Gasteiger partial charge is 0.383 e. The van der Waals surface area contributed by atoms with E-state index in [4.69, 9.17) is 19.8 Å². The van der Waals surface area contributed by atoms with Gasteiger partial charge in [0.1, 0.15) is 5.69 Å². The lowest BCUT2D eigenvalue weighted by atomic mass is 9.95. The van der Waals surface area contributed by atoms with E-state index in [2.05, 4.69) is 52.9 Å². The fraction of sp³-hybridized carbons (Fsp3) is 0.591. The molecule has 0 saturated carbocycles. The van der Waals surface area contributed by atoms with Crippen LogP contribution in [0.15, 0.2) is 6.07 Å². The van der Waals surface area contributed by atoms with Crippen molar-refractivity contribution in [1.82, 2.24) is 19.6 Å². The van der Waals surface area contributed by atoms with Crippen molar-refractivity contribution < 1.29 is 4.74 Å². The van der Waals surface area contributed by atoms with Crippen LogP contribution in [0, 0.1) is 20.8 Å². The third kappa shape index (κ3) is 4.31. The van der Waals surface area contributed by atoms with Crippen LogP contribution >= 0.6 is 11.3 Å². The fourth-order valence-electron chi connectivity index (χ4n) is 3.88. The van der Waals surface area contributed by atoms with Crippen LogP contribution in [0.1, 0.15) is 68.6 Å². The molecule has 0 radical (unpaired) electrons. The molecule has 3 heterocycles. The number of aryl methyl sites for hydroxylation is 3. The van der Waals surface area contributed by atoms with Crippen LogP contribution in [-0.2, 0) is 4.74 Å². The maximum Gasteiger partial charge on any atom is 0.183 e. The SMILES string of the molecule is CCC(COC)Nc1nc(C)c(-c2c(C)nc3c(C(CC)CC)cc(C)nn23)s1. The van der Waals surface area contributed by atoms with Gasteiger partial charge in [-0.25, -0.2) is 14.5 Å². The quantitative estimate of drug-likeness (QED) is 0.498. The van der Waals surface area contributed by atoms with Gasteiger partial charge in [0, 0.05) is 12.7 Å². The zero-order valence-electron chi connectivity index (χ0n) is 18.7. The molecule has 3 aromatic heterocycles. The van der Waals surface area contributed by atoms with Crippen LogP contribution in [0.25, 0.3) is 16.2 Å². The van der Waals surface area contributed by atoms with Crippen molar-refractivity contribution in [3.8, 4) is 10.6 Å². The molecule has 0 aromatic carbocycles. The third-order valence-corrected chi connectivity index (χ3v) is 6.63. The van der Waals surface area contributed by atoms with E-state index in [0.29, 0.717) is 12.5 Å². The summed E-state index contributed by atoms with van der Waals surface area (Å²) in [5, 5.41) is 9.27. The van der Waals surface area contributed by atoms with E-state index >= 15 is 0 Å². The van der Waals surface area contributed by atoms with Crippen LogP contribution in [0.3, 0.4) is 0 Å². The first-order valence-electron chi connectivity index (χ1n) is 10.5. The van der Waals surface area contributed by atoms with Gasteiger partial charge in [0.2, 0.25) is 0 Å². The van der Waals surface area contributed by atoms with Gasteiger partial charge in [-0.2, -0.15) is 5.10 Å². The third-order valence-electron chi connectivity index (χ3n) is 5.53. The Bertz CT molecular complexity index is 973. The molecule has 6 nitrogen and oxygen atoms in total. The Kier molecular flexibility index (Phi) is 6.90. The summed E-state index contributed by atoms with van der Waals surface area (Å²) in [4.78, 5) is 10.8. The van der Waals surface area contributed by atoms with Crippen molar-refractivity contribution in [3.05, 3.63) is 28.7 Å². The number of anilines is 1. The lowest BCUT2D eigenvalue weighted by Gasteiger charge is -2.14. The Morgan fingerprint density at radius 2 is 1.79 bits per heavy atom. The minimum absolute atomic E-state index is 0.253. The summed E-state index contributed by atoms with van der Waals surface area (Å²) in [5.74, 6) is 0.494. The summed E-state index contributed by atoms with van der Waals surface area (Å²) in [5.41, 5.74) is 6.34. The number of hydrogen-bond acceptors (Lipinski definition) is 6. The second-order valence-electron chi connectivity index (χ2n) is 7.67. The molecule has 1 atom stereocenters. The first kappa shape index (κ1) is 21.7. The van der Waals surface area contributed by atoms with E-state index in [1.165, 1.54) is 5.56 Å². The van der Waals surface area contributed by atoms with Gasteiger partial charge in [-0.15, -0.1) is 0 Å². The molecule has 0 aliphatic carbocycles. The molecule has 0 saturated heterocycles. The Morgan fingerprint density at radius 3 is 2.41 bits per heavy atom. The Morgan fingerprint density at radius 1 is 1.07 bits per heavy atom. The minimum atomic E-state index is 0.253. The summed E-state index contributed by atoms with van der Waals surface area (Å²) in [6.45, 7) is 13.5. The van der Waals surface area contributed by atoms with Crippen LogP contribution in [0.4, 0.5) is 5.13 Å². The maximum atomic E-state index is 5.31. The van der Waals surface area contributed by atoms with Gasteiger partial charge in [0.25, 0.3) is 0 Å². The molecule has 7 heteroatoms. The zero-order valence-corrected chi connectivity index (χ0v) is 19.5. The number of ether oxygens (including phenoxy) is 1. The van der Waals surface area contributed by atoms with Gasteiger partial charge >= 0.3 is 0 Å². The van der Waals surface area contributed by atoms with Crippen molar-refractivity contribution in [1.29, 1.82) is 0 Å². The van der Waals surface area contributed by atoms with Gasteiger partial charge in [-0.3, -0.25) is 0 Å². The summed E-state index contributed by atoms with van der Waals surface area (Å²) in [6, 6.07) is 2.45. The van der Waals surface area contributed by atoms with Crippen molar-refractivity contribution in [2.75, 3.05) is 19.0 Å². The first-order valence-corrected chi connectivity index (χ1v) is 11.3. The van der Waals surface area contributed by atoms with Crippen molar-refractivity contribution in [3.63, 3.8) is 0 Å². The van der Waals surface area contributed by atoms with E-state index in [0.717, 1.165) is 57.7 Å². The van der Waals surface area contributed by atoms with Gasteiger partial charge in [-0.1, -0.05) is 32.1 Å². The standard InChI is InChI=1S/C22H33N5OS/c1-8-16(9-2)18-11-13(4)26-27-19(14(5)23-21(18)27)20-15(6)24-22(29-20)25-17(10-3)12-28-7/h11,16-17H,8-10,12H2,1-7H3,(H,24,25). The molecule has 158 valence electrons. The zero-order chi connectivity index (χ0) is 21.1. The van der Waals surface area contributed by atoms with Gasteiger partial charge in [0.15, 0.2) is 10.8 Å². The molecule has 1 unspecified atom stereocenters. The number of thiazole rings is 1. The molecule has 3 aromatic rings. The number of imidazole rings is 1. The molecule has 0 amide bonds. The average molecular weight is 416 g/mol. The molecule has 3 rings (SSSR count). The Labute approximate surface area is 177 Å². The molecular weight excluding hydrogens is 382 g/mol. The second-order valence-corrected chi connectivity index (χ2v) is 8.67. The van der Waals surface area contributed by atoms with Crippen molar-refractivity contribution >= 4 is 22.1 Å². The smallest absolute Gasteiger partial charge is 0.183 e. The second kappa shape index (κ2) is 9.22. The van der Waals surface area contributed by atoms with Gasteiger partial charge < -0.3 is 10.1 Å². The highest BCUT2D eigenvalue weighted by molar-refractivity contribution is 7.19. The highest BCUT2D eigenvalue weighted by Crippen LogP contribution is 2.37. The Hall–Kier alpha value is -1.99. The van der Waals surface area contributed by atoms with E-state index in [1.54, 1.807) is 18.4 Å². The summed E-state index contributed by atoms with van der Waals surface area (Å²) >= 11 is 1.67. The molecular formula is C22H33N5OS. The lowest BCUT2D eigenvalue weighted by Crippen LogP contribution is -2.23. The topological polar surface area (TPSA) is 64.3 Å². The molecule has 0 aliphatic heterocycles. The fourth-order valence-corrected chi connectivity index (χ4v) is 5.01. The van der Waals surface area contributed by atoms with Gasteiger partial charge in [-0.05, 0) is 52.0 Å². The number of aromatic nitrogens is 4. The van der Waals surface area contributed by atoms with Gasteiger partial charge in [0.05, 0.1) is 34.6 Å². The van der Waals surface area contributed by atoms with E-state index < -0.39 is 0 Å². The molecule has 0 aliphatic rings. The number of nitrogens with one attached hydrogen (secondary N) is 1. The maximum absolute atomic E-state index is 5.31. The van der Waals surface area contributed by atoms with Crippen molar-refractivity contribution in [2.24, 2.45) is 0 Å². The van der Waals surface area contributed by atoms with E-state index in [9.17, 15) is 0 Å². The van der Waals surface area contributed by atoms with E-state index in [-0.39, 0.29) is 6.04 Å². The predicted molar refractivity (Wildman–Crippen MR) is 121 cm³/mol. The lowest BCUT2D eigenvalue weighted by molar-refractivity contribution is 0.184. The van der Waals surface area contributed by atoms with Crippen LogP contribution in [0.2, 0.25) is 0 Å². The highest BCUT2D eigenvalue weighted by Gasteiger charge is 2.23. The predicted octanol–water partition coefficient (Wildman–Crippen LogP) is 5.52. The molecule has 0 bridgehead atoms. The number of hydrogen-bond donors (Lipinski definition) is 1. The molecule has 29 heavy (non-hydrogen) atoms. The monoisotopic (exact) mass is 415 g/mol. The molecule has 0 fully saturated rings. The minimum Gasteiger partial charge on any atom is -0.383 e. The van der Waals surface area contributed by atoms with E-state index in [1.807, 2.05) is 4.52 Å². The number of nitrogens with zero attached hydrogens (tertiary/aromatic N) is 4. The summed E-state index contributed by atoms with van der Waals surface area (Å²) in [7, 11) is 1.73. The molecule has 1 N–H and O–H groups in total. The van der Waals surface area contributed by atoms with Crippen LogP contribution < -0.4 is 5.32 Å². The number of methoxy groups -OCH3 is 1.